The molecule has 0 nitrogen and oxygen atoms in total. The van der Waals surface area contributed by atoms with Gasteiger partial charge in [0.2, 0.25) is 0 Å². The van der Waals surface area contributed by atoms with E-state index in [1.807, 2.05) is 0 Å². The van der Waals surface area contributed by atoms with Crippen molar-refractivity contribution in [1.82, 2.24) is 0 Å². The fraction of sp³-hybridized carbons (Fsp3) is 0. The van der Waals surface area contributed by atoms with E-state index < -0.39 is 10.2 Å². The van der Waals surface area contributed by atoms with Crippen LogP contribution in [-0.4, -0.2) is 10.2 Å². The van der Waals surface area contributed by atoms with Crippen LogP contribution in [0.15, 0.2) is 91.0 Å². The summed E-state index contributed by atoms with van der Waals surface area (Å²) >= 11 is 2.74. The second-order valence-corrected chi connectivity index (χ2v) is 17.8. The molecule has 0 N–H and O–H groups in total. The van der Waals surface area contributed by atoms with Crippen LogP contribution in [0.5, 0.6) is 0 Å². The first-order chi connectivity index (χ1) is 9.82. The van der Waals surface area contributed by atoms with E-state index in [-0.39, 0.29) is 0 Å². The number of rotatable bonds is 3. The SMILES string of the molecule is I[As+](c1ccccc1)(c1ccccc1)c1ccccc1. The van der Waals surface area contributed by atoms with Crippen molar-refractivity contribution in [2.24, 2.45) is 0 Å². The van der Waals surface area contributed by atoms with E-state index >= 15 is 0 Å². The van der Waals surface area contributed by atoms with Crippen molar-refractivity contribution in [2.75, 3.05) is 0 Å². The van der Waals surface area contributed by atoms with Crippen LogP contribution in [0.4, 0.5) is 0 Å². The van der Waals surface area contributed by atoms with Gasteiger partial charge in [0.1, 0.15) is 0 Å². The maximum absolute atomic E-state index is 2.74. The molecule has 3 aromatic carbocycles. The molecule has 0 radical (unpaired) electrons. The van der Waals surface area contributed by atoms with Crippen molar-refractivity contribution in [3.05, 3.63) is 91.0 Å². The van der Waals surface area contributed by atoms with Gasteiger partial charge >= 0.3 is 134 Å². The summed E-state index contributed by atoms with van der Waals surface area (Å²) in [4.78, 5) is 0. The van der Waals surface area contributed by atoms with Crippen LogP contribution in [0.25, 0.3) is 0 Å². The van der Waals surface area contributed by atoms with E-state index in [2.05, 4.69) is 111 Å². The molecular formula is C18H15AsI+. The normalized spacial score (nSPS) is 11.2. The van der Waals surface area contributed by atoms with Crippen LogP contribution in [0.2, 0.25) is 0 Å². The third-order valence-corrected chi connectivity index (χ3v) is 18.4. The molecule has 0 aliphatic heterocycles. The van der Waals surface area contributed by atoms with Crippen LogP contribution in [0.3, 0.4) is 0 Å². The number of hydrogen-bond acceptors (Lipinski definition) is 0. The van der Waals surface area contributed by atoms with Gasteiger partial charge in [-0.1, -0.05) is 0 Å². The molecule has 0 atom stereocenters. The van der Waals surface area contributed by atoms with E-state index in [0.717, 1.165) is 0 Å². The average molecular weight is 433 g/mol. The number of benzene rings is 3. The van der Waals surface area contributed by atoms with Gasteiger partial charge in [-0.15, -0.1) is 0 Å². The second kappa shape index (κ2) is 6.15. The summed E-state index contributed by atoms with van der Waals surface area (Å²) in [6.45, 7) is 0. The molecule has 0 spiro atoms. The number of hydrogen-bond donors (Lipinski definition) is 0. The molecule has 2 heteroatoms. The quantitative estimate of drug-likeness (QED) is 0.440. The van der Waals surface area contributed by atoms with Gasteiger partial charge in [0.25, 0.3) is 0 Å². The fourth-order valence-corrected chi connectivity index (χ4v) is 12.9. The van der Waals surface area contributed by atoms with Gasteiger partial charge in [-0.05, 0) is 0 Å². The second-order valence-electron chi connectivity index (χ2n) is 4.60. The van der Waals surface area contributed by atoms with Gasteiger partial charge in [0, 0.05) is 0 Å². The Morgan fingerprint density at radius 3 is 0.950 bits per heavy atom. The molecule has 0 unspecified atom stereocenters. The molecule has 3 rings (SSSR count). The summed E-state index contributed by atoms with van der Waals surface area (Å²) in [5.41, 5.74) is 0. The summed E-state index contributed by atoms with van der Waals surface area (Å²) in [5.74, 6) is 0. The molecule has 98 valence electrons. The fourth-order valence-electron chi connectivity index (χ4n) is 2.35. The van der Waals surface area contributed by atoms with Crippen LogP contribution >= 0.6 is 20.1 Å². The third-order valence-electron chi connectivity index (χ3n) is 3.34. The minimum absolute atomic E-state index is 1.48. The van der Waals surface area contributed by atoms with E-state index in [4.69, 9.17) is 0 Å². The first-order valence-electron chi connectivity index (χ1n) is 6.57. The molecule has 3 aromatic rings. The van der Waals surface area contributed by atoms with E-state index in [1.54, 1.807) is 0 Å². The zero-order valence-electron chi connectivity index (χ0n) is 11.0. The molecule has 0 heterocycles. The van der Waals surface area contributed by atoms with Crippen LogP contribution in [0, 0.1) is 0 Å². The van der Waals surface area contributed by atoms with E-state index in [0.29, 0.717) is 0 Å². The summed E-state index contributed by atoms with van der Waals surface area (Å²) in [6, 6.07) is 32.8. The molecule has 0 amide bonds. The molecule has 0 aromatic heterocycles. The van der Waals surface area contributed by atoms with E-state index in [1.165, 1.54) is 13.1 Å². The first kappa shape index (κ1) is 13.9. The van der Waals surface area contributed by atoms with Crippen LogP contribution < -0.4 is 13.1 Å². The van der Waals surface area contributed by atoms with Crippen molar-refractivity contribution in [3.8, 4) is 0 Å². The maximum atomic E-state index is 2.74. The Bertz CT molecular complexity index is 569. The Balaban J connectivity index is 2.24. The Hall–Kier alpha value is -1.05. The molecule has 0 aliphatic rings. The standard InChI is InChI=1S/C18H15AsI/c20-19(16-10-4-1-5-11-16,17-12-6-2-7-13-17)18-14-8-3-9-15-18/h1-15H/q+1. The van der Waals surface area contributed by atoms with Crippen LogP contribution in [0.1, 0.15) is 0 Å². The van der Waals surface area contributed by atoms with Gasteiger partial charge in [0.05, 0.1) is 0 Å². The molecule has 0 aliphatic carbocycles. The van der Waals surface area contributed by atoms with Gasteiger partial charge in [-0.25, -0.2) is 0 Å². The molecule has 0 saturated carbocycles. The number of halogens is 1. The monoisotopic (exact) mass is 433 g/mol. The van der Waals surface area contributed by atoms with Crippen molar-refractivity contribution in [3.63, 3.8) is 0 Å². The Morgan fingerprint density at radius 1 is 0.450 bits per heavy atom. The van der Waals surface area contributed by atoms with Gasteiger partial charge in [-0.3, -0.25) is 0 Å². The summed E-state index contributed by atoms with van der Waals surface area (Å²) in [6.07, 6.45) is 0. The van der Waals surface area contributed by atoms with Crippen molar-refractivity contribution >= 4 is 43.4 Å². The zero-order valence-corrected chi connectivity index (χ0v) is 15.0. The molecule has 0 fully saturated rings. The Morgan fingerprint density at radius 2 is 0.700 bits per heavy atom. The molecule has 20 heavy (non-hydrogen) atoms. The minimum atomic E-state index is -2.32. The van der Waals surface area contributed by atoms with Gasteiger partial charge < -0.3 is 0 Å². The zero-order chi connectivity index (χ0) is 13.8. The van der Waals surface area contributed by atoms with Crippen LogP contribution in [-0.2, 0) is 0 Å². The summed E-state index contributed by atoms with van der Waals surface area (Å²) in [5, 5.41) is 0. The van der Waals surface area contributed by atoms with Gasteiger partial charge in [-0.2, -0.15) is 0 Å². The molecular weight excluding hydrogens is 418 g/mol. The third kappa shape index (κ3) is 2.57. The summed E-state index contributed by atoms with van der Waals surface area (Å²) in [7, 11) is -2.32. The van der Waals surface area contributed by atoms with E-state index in [9.17, 15) is 0 Å². The average Bonchev–Trinajstić information content (AvgIpc) is 2.56. The summed E-state index contributed by atoms with van der Waals surface area (Å²) < 4.78 is 4.43. The van der Waals surface area contributed by atoms with Crippen molar-refractivity contribution in [2.45, 2.75) is 0 Å². The first-order valence-corrected chi connectivity index (χ1v) is 15.1. The topological polar surface area (TPSA) is 0 Å². The predicted octanol–water partition coefficient (Wildman–Crippen LogP) is 3.09. The van der Waals surface area contributed by atoms with Crippen molar-refractivity contribution < 1.29 is 0 Å². The molecule has 0 saturated heterocycles. The molecule has 0 bridgehead atoms. The van der Waals surface area contributed by atoms with Gasteiger partial charge in [0.15, 0.2) is 0 Å². The Kier molecular flexibility index (Phi) is 4.28. The Labute approximate surface area is 133 Å². The van der Waals surface area contributed by atoms with Crippen molar-refractivity contribution in [1.29, 1.82) is 0 Å². The predicted molar refractivity (Wildman–Crippen MR) is 98.0 cm³/mol.